The standard InChI is InChI=1S/C16H14FN3O/c1-10-6-13(19)7-14(15(10)17)16(21)20-9-12-4-2-11(8-18)3-5-12/h2-7H,9,19H2,1H3,(H,20,21). The summed E-state index contributed by atoms with van der Waals surface area (Å²) >= 11 is 0. The lowest BCUT2D eigenvalue weighted by Gasteiger charge is -2.09. The second-order valence-electron chi connectivity index (χ2n) is 4.69. The van der Waals surface area contributed by atoms with E-state index >= 15 is 0 Å². The van der Waals surface area contributed by atoms with Gasteiger partial charge in [-0.1, -0.05) is 12.1 Å². The third-order valence-corrected chi connectivity index (χ3v) is 3.06. The molecule has 1 amide bonds. The molecule has 2 aromatic rings. The largest absolute Gasteiger partial charge is 0.399 e. The van der Waals surface area contributed by atoms with Crippen LogP contribution in [-0.2, 0) is 6.54 Å². The molecule has 0 saturated heterocycles. The van der Waals surface area contributed by atoms with Crippen molar-refractivity contribution in [3.05, 3.63) is 64.5 Å². The molecule has 0 unspecified atom stereocenters. The first-order chi connectivity index (χ1) is 10.0. The summed E-state index contributed by atoms with van der Waals surface area (Å²) in [4.78, 5) is 12.0. The van der Waals surface area contributed by atoms with Crippen LogP contribution in [0.3, 0.4) is 0 Å². The van der Waals surface area contributed by atoms with Gasteiger partial charge in [-0.3, -0.25) is 4.79 Å². The first-order valence-corrected chi connectivity index (χ1v) is 6.34. The lowest BCUT2D eigenvalue weighted by Crippen LogP contribution is -2.24. The molecule has 5 heteroatoms. The number of halogens is 1. The minimum atomic E-state index is -0.568. The molecule has 0 aliphatic rings. The van der Waals surface area contributed by atoms with Crippen molar-refractivity contribution in [2.45, 2.75) is 13.5 Å². The van der Waals surface area contributed by atoms with Gasteiger partial charge in [0.25, 0.3) is 5.91 Å². The van der Waals surface area contributed by atoms with Crippen LogP contribution in [0.4, 0.5) is 10.1 Å². The molecule has 0 saturated carbocycles. The maximum absolute atomic E-state index is 13.9. The summed E-state index contributed by atoms with van der Waals surface area (Å²) < 4.78 is 13.9. The van der Waals surface area contributed by atoms with Gasteiger partial charge in [0.1, 0.15) is 5.82 Å². The number of anilines is 1. The number of nitrogens with one attached hydrogen (secondary N) is 1. The maximum atomic E-state index is 13.9. The van der Waals surface area contributed by atoms with E-state index in [0.717, 1.165) is 5.56 Å². The average molecular weight is 283 g/mol. The Kier molecular flexibility index (Phi) is 4.19. The normalized spacial score (nSPS) is 9.95. The fraction of sp³-hybridized carbons (Fsp3) is 0.125. The van der Waals surface area contributed by atoms with E-state index in [1.54, 1.807) is 31.2 Å². The molecule has 0 atom stereocenters. The SMILES string of the molecule is Cc1cc(N)cc(C(=O)NCc2ccc(C#N)cc2)c1F. The van der Waals surface area contributed by atoms with E-state index < -0.39 is 11.7 Å². The Labute approximate surface area is 122 Å². The summed E-state index contributed by atoms with van der Waals surface area (Å²) in [5.74, 6) is -1.09. The van der Waals surface area contributed by atoms with E-state index in [1.165, 1.54) is 12.1 Å². The zero-order valence-corrected chi connectivity index (χ0v) is 11.5. The molecule has 21 heavy (non-hydrogen) atoms. The second kappa shape index (κ2) is 6.06. The van der Waals surface area contributed by atoms with Crippen LogP contribution in [0.2, 0.25) is 0 Å². The molecule has 0 aliphatic heterocycles. The number of nitrogens with two attached hydrogens (primary N) is 1. The molecule has 0 bridgehead atoms. The number of benzene rings is 2. The molecule has 106 valence electrons. The van der Waals surface area contributed by atoms with Gasteiger partial charge in [-0.05, 0) is 42.3 Å². The van der Waals surface area contributed by atoms with Crippen molar-refractivity contribution in [1.29, 1.82) is 5.26 Å². The van der Waals surface area contributed by atoms with Crippen LogP contribution >= 0.6 is 0 Å². The number of rotatable bonds is 3. The Balaban J connectivity index is 2.10. The van der Waals surface area contributed by atoms with Gasteiger partial charge in [-0.2, -0.15) is 5.26 Å². The molecule has 3 N–H and O–H groups in total. The predicted molar refractivity (Wildman–Crippen MR) is 77.9 cm³/mol. The third-order valence-electron chi connectivity index (χ3n) is 3.06. The van der Waals surface area contributed by atoms with Crippen molar-refractivity contribution in [3.63, 3.8) is 0 Å². The molecule has 0 heterocycles. The topological polar surface area (TPSA) is 78.9 Å². The van der Waals surface area contributed by atoms with Crippen molar-refractivity contribution < 1.29 is 9.18 Å². The van der Waals surface area contributed by atoms with E-state index in [2.05, 4.69) is 5.32 Å². The highest BCUT2D eigenvalue weighted by Crippen LogP contribution is 2.17. The lowest BCUT2D eigenvalue weighted by atomic mass is 10.1. The summed E-state index contributed by atoms with van der Waals surface area (Å²) in [6, 6.07) is 11.6. The molecule has 0 aromatic heterocycles. The summed E-state index contributed by atoms with van der Waals surface area (Å²) in [6.07, 6.45) is 0. The van der Waals surface area contributed by atoms with E-state index in [-0.39, 0.29) is 12.1 Å². The highest BCUT2D eigenvalue weighted by atomic mass is 19.1. The molecular weight excluding hydrogens is 269 g/mol. The molecule has 0 fully saturated rings. The monoisotopic (exact) mass is 283 g/mol. The van der Waals surface area contributed by atoms with E-state index in [4.69, 9.17) is 11.0 Å². The van der Waals surface area contributed by atoms with Crippen LogP contribution in [0.25, 0.3) is 0 Å². The number of aryl methyl sites for hydroxylation is 1. The van der Waals surface area contributed by atoms with Gasteiger partial charge < -0.3 is 11.1 Å². The van der Waals surface area contributed by atoms with Gasteiger partial charge in [-0.15, -0.1) is 0 Å². The minimum Gasteiger partial charge on any atom is -0.399 e. The molecule has 2 aromatic carbocycles. The average Bonchev–Trinajstić information content (AvgIpc) is 2.49. The fourth-order valence-electron chi connectivity index (χ4n) is 1.94. The number of carbonyl (C=O) groups is 1. The van der Waals surface area contributed by atoms with Crippen molar-refractivity contribution in [2.24, 2.45) is 0 Å². The van der Waals surface area contributed by atoms with Crippen LogP contribution in [0.1, 0.15) is 27.0 Å². The summed E-state index contributed by atoms with van der Waals surface area (Å²) in [7, 11) is 0. The molecule has 0 spiro atoms. The lowest BCUT2D eigenvalue weighted by molar-refractivity contribution is 0.0946. The van der Waals surface area contributed by atoms with Gasteiger partial charge in [0.15, 0.2) is 0 Å². The van der Waals surface area contributed by atoms with Crippen LogP contribution in [0.15, 0.2) is 36.4 Å². The zero-order valence-electron chi connectivity index (χ0n) is 11.5. The molecule has 4 nitrogen and oxygen atoms in total. The maximum Gasteiger partial charge on any atom is 0.254 e. The van der Waals surface area contributed by atoms with Crippen molar-refractivity contribution in [1.82, 2.24) is 5.32 Å². The Morgan fingerprint density at radius 1 is 1.33 bits per heavy atom. The Bertz CT molecular complexity index is 718. The number of carbonyl (C=O) groups excluding carboxylic acids is 1. The van der Waals surface area contributed by atoms with Gasteiger partial charge in [0, 0.05) is 12.2 Å². The fourth-order valence-corrected chi connectivity index (χ4v) is 1.94. The second-order valence-corrected chi connectivity index (χ2v) is 4.69. The van der Waals surface area contributed by atoms with Gasteiger partial charge >= 0.3 is 0 Å². The summed E-state index contributed by atoms with van der Waals surface area (Å²) in [5.41, 5.74) is 7.60. The number of nitriles is 1. The minimum absolute atomic E-state index is 0.0684. The van der Waals surface area contributed by atoms with Gasteiger partial charge in [0.05, 0.1) is 17.2 Å². The van der Waals surface area contributed by atoms with E-state index in [1.807, 2.05) is 6.07 Å². The Morgan fingerprint density at radius 3 is 2.62 bits per heavy atom. The number of hydrogen-bond donors (Lipinski definition) is 2. The van der Waals surface area contributed by atoms with Crippen molar-refractivity contribution in [3.8, 4) is 6.07 Å². The number of nitrogen functional groups attached to an aromatic ring is 1. The van der Waals surface area contributed by atoms with Crippen LogP contribution in [0, 0.1) is 24.1 Å². The molecule has 0 aliphatic carbocycles. The molecule has 0 radical (unpaired) electrons. The number of hydrogen-bond acceptors (Lipinski definition) is 3. The van der Waals surface area contributed by atoms with E-state index in [9.17, 15) is 9.18 Å². The van der Waals surface area contributed by atoms with Gasteiger partial charge in [-0.25, -0.2) is 4.39 Å². The molecular formula is C16H14FN3O. The first-order valence-electron chi connectivity index (χ1n) is 6.34. The van der Waals surface area contributed by atoms with Crippen molar-refractivity contribution >= 4 is 11.6 Å². The summed E-state index contributed by atoms with van der Waals surface area (Å²) in [6.45, 7) is 1.81. The molecule has 2 rings (SSSR count). The highest BCUT2D eigenvalue weighted by Gasteiger charge is 2.14. The predicted octanol–water partition coefficient (Wildman–Crippen LogP) is 2.52. The zero-order chi connectivity index (χ0) is 15.4. The number of amides is 1. The number of nitrogens with zero attached hydrogens (tertiary/aromatic N) is 1. The third kappa shape index (κ3) is 3.37. The van der Waals surface area contributed by atoms with Gasteiger partial charge in [0.2, 0.25) is 0 Å². The van der Waals surface area contributed by atoms with Crippen LogP contribution < -0.4 is 11.1 Å². The highest BCUT2D eigenvalue weighted by molar-refractivity contribution is 5.95. The van der Waals surface area contributed by atoms with Crippen LogP contribution in [-0.4, -0.2) is 5.91 Å². The Morgan fingerprint density at radius 2 is 2.00 bits per heavy atom. The summed E-state index contributed by atoms with van der Waals surface area (Å²) in [5, 5.41) is 11.3. The van der Waals surface area contributed by atoms with Crippen LogP contribution in [0.5, 0.6) is 0 Å². The first kappa shape index (κ1) is 14.5. The smallest absolute Gasteiger partial charge is 0.254 e. The quantitative estimate of drug-likeness (QED) is 0.849. The Hall–Kier alpha value is -2.87. The van der Waals surface area contributed by atoms with E-state index in [0.29, 0.717) is 16.8 Å². The van der Waals surface area contributed by atoms with Crippen molar-refractivity contribution in [2.75, 3.05) is 5.73 Å².